The molecule has 0 radical (unpaired) electrons. The van der Waals surface area contributed by atoms with Gasteiger partial charge < -0.3 is 30.1 Å². The second kappa shape index (κ2) is 5.55. The summed E-state index contributed by atoms with van der Waals surface area (Å²) in [7, 11) is 1.35. The maximum Gasteiger partial charge on any atom is 0.217 e. The molecule has 1 fully saturated rings. The number of carbonyl (C=O) groups excluding carboxylic acids is 1. The van der Waals surface area contributed by atoms with Crippen LogP contribution >= 0.6 is 0 Å². The van der Waals surface area contributed by atoms with Gasteiger partial charge in [-0.3, -0.25) is 4.79 Å². The molecule has 0 aromatic carbocycles. The lowest BCUT2D eigenvalue weighted by Gasteiger charge is -2.41. The zero-order valence-corrected chi connectivity index (χ0v) is 9.16. The fourth-order valence-corrected chi connectivity index (χ4v) is 1.67. The monoisotopic (exact) mass is 238 g/mol. The number of methoxy groups -OCH3 is 1. The molecule has 1 rings (SSSR count). The molecule has 16 heavy (non-hydrogen) atoms. The first-order valence-corrected chi connectivity index (χ1v) is 4.93. The number of ether oxygens (including phenoxy) is 2. The number of carbonyl (C=O) groups is 1. The van der Waals surface area contributed by atoms with Crippen molar-refractivity contribution in [2.24, 2.45) is 0 Å². The van der Waals surface area contributed by atoms with Gasteiger partial charge in [-0.2, -0.15) is 0 Å². The summed E-state index contributed by atoms with van der Waals surface area (Å²) in [6, 6.07) is -0.861. The number of rotatable bonds is 3. The van der Waals surface area contributed by atoms with Gasteiger partial charge >= 0.3 is 0 Å². The summed E-state index contributed by atoms with van der Waals surface area (Å²) < 4.78 is 10.1. The highest BCUT2D eigenvalue weighted by atomic mass is 16.8. The molecule has 94 valence electrons. The van der Waals surface area contributed by atoms with Crippen LogP contribution in [-0.2, 0) is 14.3 Å². The summed E-state index contributed by atoms with van der Waals surface area (Å²) in [6.07, 6.45) is -4.35. The van der Waals surface area contributed by atoms with Crippen molar-refractivity contribution in [2.75, 3.05) is 13.7 Å². The van der Waals surface area contributed by atoms with Crippen molar-refractivity contribution in [3.05, 3.63) is 0 Å². The van der Waals surface area contributed by atoms with E-state index in [1.165, 1.54) is 14.0 Å². The summed E-state index contributed by atoms with van der Waals surface area (Å²) in [6.45, 7) is 0.842. The van der Waals surface area contributed by atoms with Gasteiger partial charge in [0.05, 0.1) is 6.61 Å². The van der Waals surface area contributed by atoms with Crippen LogP contribution in [0.4, 0.5) is 0 Å². The molecule has 1 aliphatic rings. The van der Waals surface area contributed by atoms with E-state index >= 15 is 0 Å². The Balaban J connectivity index is 2.77. The Morgan fingerprint density at radius 1 is 1.44 bits per heavy atom. The fraction of sp³-hybridized carbons (Fsp3) is 0.889. The van der Waals surface area contributed by atoms with E-state index in [4.69, 9.17) is 14.6 Å². The summed E-state index contributed by atoms with van der Waals surface area (Å²) in [4.78, 5) is 10.9. The fourth-order valence-electron chi connectivity index (χ4n) is 1.67. The smallest absolute Gasteiger partial charge is 0.217 e. The molecular weight excluding hydrogens is 221 g/mol. The van der Waals surface area contributed by atoms with Gasteiger partial charge in [0.2, 0.25) is 5.91 Å². The number of aliphatic hydroxyl groups excluding tert-OH is 3. The average Bonchev–Trinajstić information content (AvgIpc) is 2.25. The summed E-state index contributed by atoms with van der Waals surface area (Å²) >= 11 is 0. The maximum atomic E-state index is 10.9. The molecule has 7 nitrogen and oxygen atoms in total. The normalized spacial score (nSPS) is 39.4. The zero-order valence-electron chi connectivity index (χ0n) is 9.16. The van der Waals surface area contributed by atoms with Gasteiger partial charge in [0.25, 0.3) is 0 Å². The Morgan fingerprint density at radius 2 is 2.06 bits per heavy atom. The average molecular weight is 238 g/mol. The predicted molar refractivity (Wildman–Crippen MR) is 52.4 cm³/mol. The first-order valence-electron chi connectivity index (χ1n) is 4.93. The SMILES string of the molecule is CO[13C@H]1O[C@H](CO)[C@H](O)[C@@H](O)[C@H]1N[13C]([13CH3])=O. The number of hydrogen-bond acceptors (Lipinski definition) is 6. The van der Waals surface area contributed by atoms with Crippen LogP contribution in [0.15, 0.2) is 0 Å². The molecule has 0 aliphatic carbocycles. The zero-order chi connectivity index (χ0) is 12.3. The van der Waals surface area contributed by atoms with Gasteiger partial charge in [-0.25, -0.2) is 0 Å². The minimum absolute atomic E-state index is 0.371. The third kappa shape index (κ3) is 2.69. The highest BCUT2D eigenvalue weighted by Gasteiger charge is 2.44. The van der Waals surface area contributed by atoms with Gasteiger partial charge in [-0.1, -0.05) is 0 Å². The van der Waals surface area contributed by atoms with Crippen molar-refractivity contribution < 1.29 is 29.6 Å². The molecule has 0 aromatic heterocycles. The van der Waals surface area contributed by atoms with E-state index in [-0.39, 0.29) is 5.91 Å². The molecule has 0 spiro atoms. The molecule has 5 atom stereocenters. The van der Waals surface area contributed by atoms with E-state index in [9.17, 15) is 15.0 Å². The van der Waals surface area contributed by atoms with Crippen LogP contribution in [0.3, 0.4) is 0 Å². The van der Waals surface area contributed by atoms with E-state index in [0.717, 1.165) is 0 Å². The lowest BCUT2D eigenvalue weighted by molar-refractivity contribution is -0.262. The molecular formula is C9H17NO6. The molecule has 0 aromatic rings. The number of hydrogen-bond donors (Lipinski definition) is 4. The quantitative estimate of drug-likeness (QED) is 0.407. The Hall–Kier alpha value is -0.730. The maximum absolute atomic E-state index is 10.9. The molecule has 1 aliphatic heterocycles. The molecule has 4 N–H and O–H groups in total. The highest BCUT2D eigenvalue weighted by Crippen LogP contribution is 2.21. The summed E-state index contributed by atoms with van der Waals surface area (Å²) in [5, 5.41) is 30.7. The Labute approximate surface area is 93.0 Å². The second-order valence-electron chi connectivity index (χ2n) is 3.67. The Morgan fingerprint density at radius 3 is 2.50 bits per heavy atom. The summed E-state index contributed by atoms with van der Waals surface area (Å²) in [5.41, 5.74) is 0. The third-order valence-electron chi connectivity index (χ3n) is 2.48. The lowest BCUT2D eigenvalue weighted by atomic mass is 10.0. The molecule has 1 heterocycles. The van der Waals surface area contributed by atoms with Crippen LogP contribution in [-0.4, -0.2) is 65.6 Å². The minimum Gasteiger partial charge on any atom is -0.394 e. The number of amides is 1. The molecule has 1 amide bonds. The molecule has 0 saturated carbocycles. The van der Waals surface area contributed by atoms with Crippen LogP contribution in [0.1, 0.15) is 6.92 Å². The van der Waals surface area contributed by atoms with Crippen molar-refractivity contribution in [2.45, 2.75) is 37.6 Å². The van der Waals surface area contributed by atoms with Crippen molar-refractivity contribution in [1.29, 1.82) is 0 Å². The van der Waals surface area contributed by atoms with Gasteiger partial charge in [0, 0.05) is 14.0 Å². The minimum atomic E-state index is -1.27. The topological polar surface area (TPSA) is 108 Å². The van der Waals surface area contributed by atoms with E-state index < -0.39 is 37.3 Å². The van der Waals surface area contributed by atoms with Crippen LogP contribution in [0.25, 0.3) is 0 Å². The van der Waals surface area contributed by atoms with Gasteiger partial charge in [-0.15, -0.1) is 0 Å². The van der Waals surface area contributed by atoms with Crippen LogP contribution < -0.4 is 5.32 Å². The van der Waals surface area contributed by atoms with Crippen molar-refractivity contribution >= 4 is 5.91 Å². The lowest BCUT2D eigenvalue weighted by Crippen LogP contribution is -2.64. The first kappa shape index (κ1) is 13.3. The van der Waals surface area contributed by atoms with Crippen LogP contribution in [0.2, 0.25) is 0 Å². The number of aliphatic hydroxyl groups is 3. The van der Waals surface area contributed by atoms with Gasteiger partial charge in [-0.05, 0) is 0 Å². The van der Waals surface area contributed by atoms with E-state index in [0.29, 0.717) is 0 Å². The van der Waals surface area contributed by atoms with Crippen molar-refractivity contribution in [3.8, 4) is 0 Å². The van der Waals surface area contributed by atoms with E-state index in [1.807, 2.05) is 0 Å². The van der Waals surface area contributed by atoms with E-state index in [2.05, 4.69) is 5.32 Å². The molecule has 7 heteroatoms. The second-order valence-corrected chi connectivity index (χ2v) is 3.67. The van der Waals surface area contributed by atoms with Crippen molar-refractivity contribution in [1.82, 2.24) is 5.32 Å². The van der Waals surface area contributed by atoms with Gasteiger partial charge in [0.1, 0.15) is 24.4 Å². The highest BCUT2D eigenvalue weighted by molar-refractivity contribution is 5.73. The largest absolute Gasteiger partial charge is 0.394 e. The molecule has 0 bridgehead atoms. The predicted octanol–water partition coefficient (Wildman–Crippen LogP) is -2.42. The van der Waals surface area contributed by atoms with Crippen LogP contribution in [0.5, 0.6) is 0 Å². The molecule has 1 saturated heterocycles. The number of nitrogens with one attached hydrogen (secondary N) is 1. The van der Waals surface area contributed by atoms with E-state index in [1.54, 1.807) is 0 Å². The Bertz CT molecular complexity index is 246. The van der Waals surface area contributed by atoms with Crippen LogP contribution in [0, 0.1) is 0 Å². The summed E-state index contributed by atoms with van der Waals surface area (Å²) in [5.74, 6) is -0.371. The third-order valence-corrected chi connectivity index (χ3v) is 2.48. The standard InChI is InChI=1S/C9H17NO6/c1-4(12)10-6-8(14)7(13)5(3-11)16-9(6)15-2/h5-9,11,13-14H,3H2,1-2H3,(H,10,12)/t5-,6-,7+,8+,9+/m1/s1/i1+1,4+1,9+1. The first-order chi connectivity index (χ1) is 7.51. The molecule has 0 unspecified atom stereocenters. The van der Waals surface area contributed by atoms with Gasteiger partial charge in [0.15, 0.2) is 6.29 Å². The Kier molecular flexibility index (Phi) is 4.63. The van der Waals surface area contributed by atoms with Crippen molar-refractivity contribution in [3.63, 3.8) is 0 Å².